The minimum atomic E-state index is 0.157. The highest BCUT2D eigenvalue weighted by Crippen LogP contribution is 2.40. The van der Waals surface area contributed by atoms with E-state index in [2.05, 4.69) is 10.1 Å². The van der Waals surface area contributed by atoms with E-state index in [-0.39, 0.29) is 5.41 Å². The maximum absolute atomic E-state index is 6.03. The van der Waals surface area contributed by atoms with E-state index in [1.807, 2.05) is 13.8 Å². The van der Waals surface area contributed by atoms with Gasteiger partial charge < -0.3 is 14.0 Å². The van der Waals surface area contributed by atoms with Crippen LogP contribution in [0.25, 0.3) is 0 Å². The molecule has 0 spiro atoms. The number of hydrogen-bond donors (Lipinski definition) is 0. The SMILES string of the molecule is COC[C@]12CCCO[C@@H]1CCN(Cc1c(C)noc1C)C2. The number of fused-ring (bicyclic) bond motifs is 1. The number of piperidine rings is 1. The standard InChI is InChI=1S/C16H26N2O3/c1-12-14(13(2)21-17-12)9-18-7-5-15-16(10-18,11-19-3)6-4-8-20-15/h15H,4-11H2,1-3H3/t15-,16-/m1/s1. The van der Waals surface area contributed by atoms with Crippen LogP contribution in [0.1, 0.15) is 36.3 Å². The van der Waals surface area contributed by atoms with Gasteiger partial charge in [0.05, 0.1) is 18.4 Å². The smallest absolute Gasteiger partial charge is 0.138 e. The van der Waals surface area contributed by atoms with Gasteiger partial charge in [0, 0.05) is 44.3 Å². The van der Waals surface area contributed by atoms with Crippen molar-refractivity contribution >= 4 is 0 Å². The van der Waals surface area contributed by atoms with Crippen molar-refractivity contribution in [1.82, 2.24) is 10.1 Å². The van der Waals surface area contributed by atoms with Crippen molar-refractivity contribution in [2.24, 2.45) is 5.41 Å². The molecule has 0 N–H and O–H groups in total. The topological polar surface area (TPSA) is 47.7 Å². The third kappa shape index (κ3) is 2.87. The zero-order valence-electron chi connectivity index (χ0n) is 13.4. The first-order valence-corrected chi connectivity index (χ1v) is 7.89. The van der Waals surface area contributed by atoms with Crippen LogP contribution in [-0.2, 0) is 16.0 Å². The Balaban J connectivity index is 1.74. The largest absolute Gasteiger partial charge is 0.384 e. The van der Waals surface area contributed by atoms with Crippen molar-refractivity contribution in [3.05, 3.63) is 17.0 Å². The van der Waals surface area contributed by atoms with E-state index < -0.39 is 0 Å². The van der Waals surface area contributed by atoms with Gasteiger partial charge in [-0.3, -0.25) is 4.90 Å². The van der Waals surface area contributed by atoms with Crippen molar-refractivity contribution in [1.29, 1.82) is 0 Å². The molecule has 1 aromatic rings. The van der Waals surface area contributed by atoms with E-state index in [0.717, 1.165) is 57.1 Å². The molecule has 0 aliphatic carbocycles. The third-order valence-electron chi connectivity index (χ3n) is 5.06. The van der Waals surface area contributed by atoms with Gasteiger partial charge in [0.1, 0.15) is 5.76 Å². The minimum absolute atomic E-state index is 0.157. The van der Waals surface area contributed by atoms with Crippen LogP contribution < -0.4 is 0 Å². The molecular formula is C16H26N2O3. The first-order chi connectivity index (χ1) is 10.1. The molecule has 2 saturated heterocycles. The van der Waals surface area contributed by atoms with Crippen LogP contribution >= 0.6 is 0 Å². The van der Waals surface area contributed by atoms with Gasteiger partial charge in [-0.15, -0.1) is 0 Å². The fourth-order valence-corrected chi connectivity index (χ4v) is 3.97. The Hall–Kier alpha value is -0.910. The Morgan fingerprint density at radius 3 is 3.00 bits per heavy atom. The molecule has 1 aromatic heterocycles. The molecule has 2 fully saturated rings. The molecule has 2 aliphatic rings. The molecular weight excluding hydrogens is 268 g/mol. The lowest BCUT2D eigenvalue weighted by atomic mass is 9.73. The molecule has 0 aromatic carbocycles. The monoisotopic (exact) mass is 294 g/mol. The van der Waals surface area contributed by atoms with Gasteiger partial charge in [-0.1, -0.05) is 5.16 Å². The molecule has 2 atom stereocenters. The molecule has 0 radical (unpaired) electrons. The first kappa shape index (κ1) is 15.0. The maximum atomic E-state index is 6.03. The van der Waals surface area contributed by atoms with Crippen LogP contribution in [0.15, 0.2) is 4.52 Å². The lowest BCUT2D eigenvalue weighted by Crippen LogP contribution is -2.56. The summed E-state index contributed by atoms with van der Waals surface area (Å²) >= 11 is 0. The number of methoxy groups -OCH3 is 1. The van der Waals surface area contributed by atoms with Crippen molar-refractivity contribution in [3.8, 4) is 0 Å². The van der Waals surface area contributed by atoms with Crippen LogP contribution in [0.3, 0.4) is 0 Å². The van der Waals surface area contributed by atoms with Crippen LogP contribution in [0.2, 0.25) is 0 Å². The van der Waals surface area contributed by atoms with E-state index in [1.54, 1.807) is 7.11 Å². The van der Waals surface area contributed by atoms with Crippen LogP contribution in [-0.4, -0.2) is 49.6 Å². The fraction of sp³-hybridized carbons (Fsp3) is 0.812. The number of aromatic nitrogens is 1. The van der Waals surface area contributed by atoms with E-state index in [1.165, 1.54) is 12.0 Å². The van der Waals surface area contributed by atoms with Gasteiger partial charge in [-0.2, -0.15) is 0 Å². The normalized spacial score (nSPS) is 30.3. The molecule has 21 heavy (non-hydrogen) atoms. The number of rotatable bonds is 4. The van der Waals surface area contributed by atoms with E-state index in [4.69, 9.17) is 14.0 Å². The van der Waals surface area contributed by atoms with Gasteiger partial charge in [-0.05, 0) is 33.1 Å². The highest BCUT2D eigenvalue weighted by atomic mass is 16.5. The summed E-state index contributed by atoms with van der Waals surface area (Å²) in [5.41, 5.74) is 2.40. The Morgan fingerprint density at radius 2 is 2.29 bits per heavy atom. The zero-order chi connectivity index (χ0) is 14.9. The molecule has 0 bridgehead atoms. The van der Waals surface area contributed by atoms with Gasteiger partial charge in [-0.25, -0.2) is 0 Å². The molecule has 0 amide bonds. The van der Waals surface area contributed by atoms with Crippen molar-refractivity contribution in [3.63, 3.8) is 0 Å². The number of hydrogen-bond acceptors (Lipinski definition) is 5. The van der Waals surface area contributed by atoms with Gasteiger partial charge in [0.15, 0.2) is 0 Å². The predicted molar refractivity (Wildman–Crippen MR) is 79.2 cm³/mol. The Morgan fingerprint density at radius 1 is 1.43 bits per heavy atom. The summed E-state index contributed by atoms with van der Waals surface area (Å²) < 4.78 is 16.9. The minimum Gasteiger partial charge on any atom is -0.384 e. The highest BCUT2D eigenvalue weighted by molar-refractivity contribution is 5.20. The predicted octanol–water partition coefficient (Wildman–Crippen LogP) is 2.31. The van der Waals surface area contributed by atoms with Crippen molar-refractivity contribution in [2.75, 3.05) is 33.4 Å². The summed E-state index contributed by atoms with van der Waals surface area (Å²) in [5, 5.41) is 4.07. The van der Waals surface area contributed by atoms with Crippen LogP contribution in [0, 0.1) is 19.3 Å². The summed E-state index contributed by atoms with van der Waals surface area (Å²) in [6.07, 6.45) is 3.78. The second-order valence-corrected chi connectivity index (χ2v) is 6.56. The second-order valence-electron chi connectivity index (χ2n) is 6.56. The quantitative estimate of drug-likeness (QED) is 0.853. The number of nitrogens with zero attached hydrogens (tertiary/aromatic N) is 2. The Kier molecular flexibility index (Phi) is 4.33. The molecule has 0 unspecified atom stereocenters. The number of aryl methyl sites for hydroxylation is 2. The summed E-state index contributed by atoms with van der Waals surface area (Å²) in [6, 6.07) is 0. The number of likely N-dealkylation sites (tertiary alicyclic amines) is 1. The molecule has 0 saturated carbocycles. The van der Waals surface area contributed by atoms with Crippen molar-refractivity contribution < 1.29 is 14.0 Å². The summed E-state index contributed by atoms with van der Waals surface area (Å²) in [7, 11) is 1.80. The molecule has 5 nitrogen and oxygen atoms in total. The van der Waals surface area contributed by atoms with E-state index in [0.29, 0.717) is 6.10 Å². The molecule has 3 rings (SSSR count). The lowest BCUT2D eigenvalue weighted by Gasteiger charge is -2.50. The van der Waals surface area contributed by atoms with Gasteiger partial charge in [0.2, 0.25) is 0 Å². The maximum Gasteiger partial charge on any atom is 0.138 e. The molecule has 5 heteroatoms. The summed E-state index contributed by atoms with van der Waals surface area (Å²) in [6.45, 7) is 8.73. The zero-order valence-corrected chi connectivity index (χ0v) is 13.4. The first-order valence-electron chi connectivity index (χ1n) is 7.89. The van der Waals surface area contributed by atoms with Crippen molar-refractivity contribution in [2.45, 2.75) is 45.8 Å². The summed E-state index contributed by atoms with van der Waals surface area (Å²) in [5.74, 6) is 0.940. The average molecular weight is 294 g/mol. The summed E-state index contributed by atoms with van der Waals surface area (Å²) in [4.78, 5) is 2.51. The second kappa shape index (κ2) is 6.07. The molecule has 2 aliphatic heterocycles. The van der Waals surface area contributed by atoms with E-state index in [9.17, 15) is 0 Å². The number of ether oxygens (including phenoxy) is 2. The Bertz CT molecular complexity index is 464. The Labute approximate surface area is 126 Å². The van der Waals surface area contributed by atoms with Crippen LogP contribution in [0.5, 0.6) is 0 Å². The fourth-order valence-electron chi connectivity index (χ4n) is 3.97. The van der Waals surface area contributed by atoms with Gasteiger partial charge in [0.25, 0.3) is 0 Å². The molecule has 3 heterocycles. The van der Waals surface area contributed by atoms with E-state index >= 15 is 0 Å². The third-order valence-corrected chi connectivity index (χ3v) is 5.06. The van der Waals surface area contributed by atoms with Gasteiger partial charge >= 0.3 is 0 Å². The van der Waals surface area contributed by atoms with Crippen LogP contribution in [0.4, 0.5) is 0 Å². The molecule has 118 valence electrons. The average Bonchev–Trinajstić information content (AvgIpc) is 2.79. The lowest BCUT2D eigenvalue weighted by molar-refractivity contribution is -0.149. The highest BCUT2D eigenvalue weighted by Gasteiger charge is 2.46.